The Morgan fingerprint density at radius 3 is 2.37 bits per heavy atom. The van der Waals surface area contributed by atoms with E-state index in [1.54, 1.807) is 30.3 Å². The Labute approximate surface area is 110 Å². The molecule has 0 bridgehead atoms. The van der Waals surface area contributed by atoms with Crippen molar-refractivity contribution >= 4 is 5.97 Å². The Kier molecular flexibility index (Phi) is 4.07. The van der Waals surface area contributed by atoms with E-state index in [1.807, 2.05) is 6.92 Å². The van der Waals surface area contributed by atoms with Crippen LogP contribution in [-0.4, -0.2) is 17.7 Å². The molecule has 19 heavy (non-hydrogen) atoms. The molecule has 0 radical (unpaired) electrons. The van der Waals surface area contributed by atoms with Crippen molar-refractivity contribution in [3.63, 3.8) is 0 Å². The van der Waals surface area contributed by atoms with Crippen molar-refractivity contribution in [1.82, 2.24) is 0 Å². The fourth-order valence-corrected chi connectivity index (χ4v) is 1.60. The van der Waals surface area contributed by atoms with Crippen LogP contribution in [0, 0.1) is 0 Å². The Morgan fingerprint density at radius 2 is 1.79 bits per heavy atom. The van der Waals surface area contributed by atoms with Gasteiger partial charge in [0, 0.05) is 5.56 Å². The Balaban J connectivity index is 1.98. The van der Waals surface area contributed by atoms with E-state index >= 15 is 0 Å². The summed E-state index contributed by atoms with van der Waals surface area (Å²) in [6, 6.07) is 8.72. The lowest BCUT2D eigenvalue weighted by Crippen LogP contribution is -2.02. The zero-order valence-electron chi connectivity index (χ0n) is 10.5. The highest BCUT2D eigenvalue weighted by atomic mass is 16.5. The number of ether oxygens (including phenoxy) is 2. The van der Waals surface area contributed by atoms with Gasteiger partial charge in [-0.05, 0) is 37.3 Å². The monoisotopic (exact) mass is 262 g/mol. The van der Waals surface area contributed by atoms with Crippen LogP contribution < -0.4 is 9.47 Å². The number of furan rings is 1. The number of rotatable bonds is 6. The third-order valence-electron chi connectivity index (χ3n) is 2.47. The lowest BCUT2D eigenvalue weighted by molar-refractivity contribution is 0.0658. The second kappa shape index (κ2) is 5.95. The topological polar surface area (TPSA) is 68.9 Å². The van der Waals surface area contributed by atoms with E-state index in [2.05, 4.69) is 0 Å². The number of benzene rings is 1. The molecule has 0 saturated heterocycles. The van der Waals surface area contributed by atoms with E-state index in [0.29, 0.717) is 17.9 Å². The van der Waals surface area contributed by atoms with Crippen LogP contribution in [0.2, 0.25) is 0 Å². The van der Waals surface area contributed by atoms with Gasteiger partial charge in [-0.3, -0.25) is 0 Å². The first-order chi connectivity index (χ1) is 9.20. The van der Waals surface area contributed by atoms with Crippen LogP contribution in [0.15, 0.2) is 41.0 Å². The third-order valence-corrected chi connectivity index (χ3v) is 2.47. The molecular weight excluding hydrogens is 248 g/mol. The van der Waals surface area contributed by atoms with Crippen LogP contribution in [0.3, 0.4) is 0 Å². The van der Waals surface area contributed by atoms with Crippen LogP contribution in [0.25, 0.3) is 0 Å². The van der Waals surface area contributed by atoms with E-state index in [-0.39, 0.29) is 12.4 Å². The minimum atomic E-state index is -1.10. The van der Waals surface area contributed by atoms with Crippen molar-refractivity contribution in [3.05, 3.63) is 47.9 Å². The van der Waals surface area contributed by atoms with E-state index < -0.39 is 5.97 Å². The van der Waals surface area contributed by atoms with Gasteiger partial charge in [-0.1, -0.05) is 0 Å². The molecule has 0 aliphatic rings. The molecule has 0 amide bonds. The number of aromatic carboxylic acids is 1. The quantitative estimate of drug-likeness (QED) is 0.866. The van der Waals surface area contributed by atoms with Crippen molar-refractivity contribution < 1.29 is 23.8 Å². The first kappa shape index (κ1) is 13.0. The number of carboxylic acid groups (broad SMARTS) is 1. The number of hydrogen-bond acceptors (Lipinski definition) is 4. The van der Waals surface area contributed by atoms with E-state index in [9.17, 15) is 4.79 Å². The van der Waals surface area contributed by atoms with Gasteiger partial charge >= 0.3 is 5.97 Å². The fraction of sp³-hybridized carbons (Fsp3) is 0.214. The Morgan fingerprint density at radius 1 is 1.16 bits per heavy atom. The molecule has 0 unspecified atom stereocenters. The maximum atomic E-state index is 10.8. The van der Waals surface area contributed by atoms with Crippen LogP contribution in [0.1, 0.15) is 23.0 Å². The summed E-state index contributed by atoms with van der Waals surface area (Å²) in [6.45, 7) is 2.67. The standard InChI is InChI=1S/C14H14O5/c1-2-17-11-3-5-12(6-4-11)19-9-10-7-8-18-13(10)14(15)16/h3-8H,2,9H2,1H3,(H,15,16). The molecule has 0 spiro atoms. The smallest absolute Gasteiger partial charge is 0.372 e. The molecule has 1 N–H and O–H groups in total. The number of carboxylic acids is 1. The van der Waals surface area contributed by atoms with Gasteiger partial charge < -0.3 is 19.0 Å². The minimum Gasteiger partial charge on any atom is -0.494 e. The second-order valence-electron chi connectivity index (χ2n) is 3.77. The summed E-state index contributed by atoms with van der Waals surface area (Å²) >= 11 is 0. The van der Waals surface area contributed by atoms with Crippen molar-refractivity contribution in [2.75, 3.05) is 6.61 Å². The van der Waals surface area contributed by atoms with Gasteiger partial charge in [0.2, 0.25) is 5.76 Å². The molecule has 1 aromatic carbocycles. The average molecular weight is 262 g/mol. The van der Waals surface area contributed by atoms with Gasteiger partial charge in [0.15, 0.2) is 0 Å². The lowest BCUT2D eigenvalue weighted by atomic mass is 10.2. The summed E-state index contributed by atoms with van der Waals surface area (Å²) in [5.41, 5.74) is 0.501. The summed E-state index contributed by atoms with van der Waals surface area (Å²) in [6.07, 6.45) is 1.33. The zero-order valence-corrected chi connectivity index (χ0v) is 10.5. The molecular formula is C14H14O5. The molecule has 0 aliphatic heterocycles. The van der Waals surface area contributed by atoms with Crippen molar-refractivity contribution in [2.45, 2.75) is 13.5 Å². The molecule has 0 aliphatic carbocycles. The minimum absolute atomic E-state index is 0.0917. The van der Waals surface area contributed by atoms with Crippen molar-refractivity contribution in [2.24, 2.45) is 0 Å². The molecule has 5 nitrogen and oxygen atoms in total. The van der Waals surface area contributed by atoms with Gasteiger partial charge in [-0.25, -0.2) is 4.79 Å². The van der Waals surface area contributed by atoms with Gasteiger partial charge in [0.25, 0.3) is 0 Å². The first-order valence-electron chi connectivity index (χ1n) is 5.86. The average Bonchev–Trinajstić information content (AvgIpc) is 2.87. The number of hydrogen-bond donors (Lipinski definition) is 1. The van der Waals surface area contributed by atoms with Crippen molar-refractivity contribution in [3.8, 4) is 11.5 Å². The molecule has 100 valence electrons. The molecule has 0 fully saturated rings. The molecule has 5 heteroatoms. The highest BCUT2D eigenvalue weighted by Crippen LogP contribution is 2.19. The van der Waals surface area contributed by atoms with Gasteiger partial charge in [-0.2, -0.15) is 0 Å². The van der Waals surface area contributed by atoms with Crippen LogP contribution in [0.5, 0.6) is 11.5 Å². The SMILES string of the molecule is CCOc1ccc(OCc2ccoc2C(=O)O)cc1. The summed E-state index contributed by atoms with van der Waals surface area (Å²) in [5.74, 6) is 0.214. The highest BCUT2D eigenvalue weighted by molar-refractivity contribution is 5.86. The predicted molar refractivity (Wildman–Crippen MR) is 67.6 cm³/mol. The normalized spacial score (nSPS) is 10.2. The third kappa shape index (κ3) is 3.28. The van der Waals surface area contributed by atoms with Crippen molar-refractivity contribution in [1.29, 1.82) is 0 Å². The Bertz CT molecular complexity index is 541. The maximum absolute atomic E-state index is 10.8. The van der Waals surface area contributed by atoms with E-state index in [1.165, 1.54) is 6.26 Å². The Hall–Kier alpha value is -2.43. The number of carbonyl (C=O) groups is 1. The van der Waals surface area contributed by atoms with Crippen LogP contribution in [-0.2, 0) is 6.61 Å². The lowest BCUT2D eigenvalue weighted by Gasteiger charge is -2.07. The largest absolute Gasteiger partial charge is 0.494 e. The molecule has 1 heterocycles. The molecule has 2 aromatic rings. The fourth-order valence-electron chi connectivity index (χ4n) is 1.60. The summed E-state index contributed by atoms with van der Waals surface area (Å²) in [7, 11) is 0. The zero-order chi connectivity index (χ0) is 13.7. The molecule has 2 rings (SSSR count). The van der Waals surface area contributed by atoms with E-state index in [4.69, 9.17) is 19.0 Å². The van der Waals surface area contributed by atoms with Gasteiger partial charge in [-0.15, -0.1) is 0 Å². The molecule has 1 aromatic heterocycles. The van der Waals surface area contributed by atoms with Gasteiger partial charge in [0.1, 0.15) is 18.1 Å². The first-order valence-corrected chi connectivity index (χ1v) is 5.86. The highest BCUT2D eigenvalue weighted by Gasteiger charge is 2.14. The van der Waals surface area contributed by atoms with Crippen LogP contribution in [0.4, 0.5) is 0 Å². The molecule has 0 saturated carbocycles. The molecule has 0 atom stereocenters. The summed E-state index contributed by atoms with van der Waals surface area (Å²) in [5, 5.41) is 8.88. The second-order valence-corrected chi connectivity index (χ2v) is 3.77. The maximum Gasteiger partial charge on any atom is 0.372 e. The van der Waals surface area contributed by atoms with Crippen LogP contribution >= 0.6 is 0 Å². The predicted octanol–water partition coefficient (Wildman–Crippen LogP) is 2.96. The van der Waals surface area contributed by atoms with Gasteiger partial charge in [0.05, 0.1) is 12.9 Å². The van der Waals surface area contributed by atoms with E-state index in [0.717, 1.165) is 5.75 Å². The summed E-state index contributed by atoms with van der Waals surface area (Å²) in [4.78, 5) is 10.8. The summed E-state index contributed by atoms with van der Waals surface area (Å²) < 4.78 is 15.7.